The summed E-state index contributed by atoms with van der Waals surface area (Å²) in [7, 11) is 6.79. The zero-order chi connectivity index (χ0) is 19.9. The minimum Gasteiger partial charge on any atom is -0.496 e. The molecule has 0 radical (unpaired) electrons. The van der Waals surface area contributed by atoms with Gasteiger partial charge >= 0.3 is 0 Å². The molecule has 1 saturated heterocycles. The van der Waals surface area contributed by atoms with Gasteiger partial charge in [0, 0.05) is 56.5 Å². The summed E-state index contributed by atoms with van der Waals surface area (Å²) >= 11 is 0. The fraction of sp³-hybridized carbons (Fsp3) is 0.667. The molecule has 0 amide bonds. The number of rotatable bonds is 8. The lowest BCUT2D eigenvalue weighted by molar-refractivity contribution is 0.197. The highest BCUT2D eigenvalue weighted by atomic mass is 16.5. The van der Waals surface area contributed by atoms with Gasteiger partial charge in [-0.1, -0.05) is 0 Å². The third kappa shape index (κ3) is 5.22. The van der Waals surface area contributed by atoms with E-state index in [9.17, 15) is 0 Å². The summed E-state index contributed by atoms with van der Waals surface area (Å²) < 4.78 is 16.4. The molecule has 0 bridgehead atoms. The van der Waals surface area contributed by atoms with Gasteiger partial charge in [-0.15, -0.1) is 0 Å². The molecule has 7 heteroatoms. The van der Waals surface area contributed by atoms with Crippen molar-refractivity contribution in [1.29, 1.82) is 0 Å². The van der Waals surface area contributed by atoms with Crippen molar-refractivity contribution in [2.75, 3.05) is 48.0 Å². The molecular formula is C21H34N4O3. The highest BCUT2D eigenvalue weighted by molar-refractivity contribution is 5.80. The number of aliphatic imine (C=N–C) groups is 1. The number of nitrogens with one attached hydrogen (secondary N) is 2. The SMILES string of the molecule is CN=C(NCCc1c(OC)cc(OC)cc1OC)NC1CCN(C2CC2)CC1. The first kappa shape index (κ1) is 20.6. The van der Waals surface area contributed by atoms with E-state index in [4.69, 9.17) is 14.2 Å². The Labute approximate surface area is 168 Å². The van der Waals surface area contributed by atoms with Gasteiger partial charge in [0.2, 0.25) is 0 Å². The lowest BCUT2D eigenvalue weighted by Crippen LogP contribution is -2.49. The van der Waals surface area contributed by atoms with E-state index in [1.807, 2.05) is 19.2 Å². The molecule has 156 valence electrons. The molecule has 1 aromatic carbocycles. The lowest BCUT2D eigenvalue weighted by atomic mass is 10.1. The Morgan fingerprint density at radius 3 is 2.18 bits per heavy atom. The third-order valence-electron chi connectivity index (χ3n) is 5.64. The van der Waals surface area contributed by atoms with Crippen LogP contribution in [0.15, 0.2) is 17.1 Å². The molecule has 1 saturated carbocycles. The largest absolute Gasteiger partial charge is 0.496 e. The second-order valence-corrected chi connectivity index (χ2v) is 7.45. The van der Waals surface area contributed by atoms with E-state index in [2.05, 4.69) is 20.5 Å². The maximum atomic E-state index is 5.53. The number of piperidine rings is 1. The molecule has 1 aliphatic heterocycles. The molecule has 2 fully saturated rings. The maximum absolute atomic E-state index is 5.53. The van der Waals surface area contributed by atoms with Crippen LogP contribution < -0.4 is 24.8 Å². The van der Waals surface area contributed by atoms with Crippen LogP contribution in [0.3, 0.4) is 0 Å². The van der Waals surface area contributed by atoms with Crippen molar-refractivity contribution in [1.82, 2.24) is 15.5 Å². The predicted molar refractivity (Wildman–Crippen MR) is 112 cm³/mol. The van der Waals surface area contributed by atoms with Gasteiger partial charge in [0.15, 0.2) is 5.96 Å². The van der Waals surface area contributed by atoms with E-state index in [0.29, 0.717) is 6.04 Å². The molecule has 2 N–H and O–H groups in total. The Balaban J connectivity index is 1.50. The number of ether oxygens (including phenoxy) is 3. The Bertz CT molecular complexity index is 643. The number of benzene rings is 1. The molecule has 0 aromatic heterocycles. The summed E-state index contributed by atoms with van der Waals surface area (Å²) in [6.45, 7) is 3.12. The standard InChI is InChI=1S/C21H34N4O3/c1-22-21(24-15-8-11-25(12-9-15)16-5-6-16)23-10-7-18-19(27-3)13-17(26-2)14-20(18)28-4/h13-16H,5-12H2,1-4H3,(H2,22,23,24). The van der Waals surface area contributed by atoms with Crippen molar-refractivity contribution >= 4 is 5.96 Å². The minimum atomic E-state index is 0.492. The Kier molecular flexibility index (Phi) is 7.25. The molecule has 28 heavy (non-hydrogen) atoms. The second kappa shape index (κ2) is 9.87. The summed E-state index contributed by atoms with van der Waals surface area (Å²) in [5.74, 6) is 3.12. The third-order valence-corrected chi connectivity index (χ3v) is 5.64. The van der Waals surface area contributed by atoms with Gasteiger partial charge in [-0.05, 0) is 32.1 Å². The van der Waals surface area contributed by atoms with E-state index >= 15 is 0 Å². The van der Waals surface area contributed by atoms with Gasteiger partial charge < -0.3 is 29.7 Å². The predicted octanol–water partition coefficient (Wildman–Crippen LogP) is 2.05. The summed E-state index contributed by atoms with van der Waals surface area (Å²) in [6.07, 6.45) is 5.89. The van der Waals surface area contributed by atoms with E-state index in [0.717, 1.165) is 47.8 Å². The van der Waals surface area contributed by atoms with E-state index < -0.39 is 0 Å². The van der Waals surface area contributed by atoms with Gasteiger partial charge in [-0.25, -0.2) is 0 Å². The molecule has 1 aromatic rings. The highest BCUT2D eigenvalue weighted by Crippen LogP contribution is 2.34. The number of methoxy groups -OCH3 is 3. The van der Waals surface area contributed by atoms with Crippen LogP contribution >= 0.6 is 0 Å². The number of hydrogen-bond donors (Lipinski definition) is 2. The number of hydrogen-bond acceptors (Lipinski definition) is 5. The fourth-order valence-corrected chi connectivity index (χ4v) is 3.87. The molecule has 1 heterocycles. The second-order valence-electron chi connectivity index (χ2n) is 7.45. The van der Waals surface area contributed by atoms with Crippen LogP contribution in [0.4, 0.5) is 0 Å². The quantitative estimate of drug-likeness (QED) is 0.523. The van der Waals surface area contributed by atoms with Gasteiger partial charge in [0.25, 0.3) is 0 Å². The van der Waals surface area contributed by atoms with Crippen LogP contribution in [0.1, 0.15) is 31.2 Å². The molecule has 0 spiro atoms. The van der Waals surface area contributed by atoms with E-state index in [1.165, 1.54) is 38.8 Å². The smallest absolute Gasteiger partial charge is 0.191 e. The van der Waals surface area contributed by atoms with Gasteiger partial charge in [-0.3, -0.25) is 4.99 Å². The van der Waals surface area contributed by atoms with Crippen LogP contribution in [0.5, 0.6) is 17.2 Å². The van der Waals surface area contributed by atoms with E-state index in [1.54, 1.807) is 21.3 Å². The van der Waals surface area contributed by atoms with Crippen LogP contribution in [0, 0.1) is 0 Å². The Hall–Kier alpha value is -2.15. The summed E-state index contributed by atoms with van der Waals surface area (Å²) in [5.41, 5.74) is 1.02. The summed E-state index contributed by atoms with van der Waals surface area (Å²) in [5, 5.41) is 7.00. The topological polar surface area (TPSA) is 67.4 Å². The van der Waals surface area contributed by atoms with Crippen LogP contribution in [-0.2, 0) is 6.42 Å². The first-order valence-electron chi connectivity index (χ1n) is 10.2. The van der Waals surface area contributed by atoms with Crippen LogP contribution in [0.2, 0.25) is 0 Å². The summed E-state index contributed by atoms with van der Waals surface area (Å²) in [4.78, 5) is 7.03. The fourth-order valence-electron chi connectivity index (χ4n) is 3.87. The van der Waals surface area contributed by atoms with Crippen molar-refractivity contribution in [2.24, 2.45) is 4.99 Å². The van der Waals surface area contributed by atoms with Crippen LogP contribution in [0.25, 0.3) is 0 Å². The molecule has 0 atom stereocenters. The molecular weight excluding hydrogens is 356 g/mol. The molecule has 2 aliphatic rings. The van der Waals surface area contributed by atoms with E-state index in [-0.39, 0.29) is 0 Å². The number of nitrogens with zero attached hydrogens (tertiary/aromatic N) is 2. The molecule has 3 rings (SSSR count). The van der Waals surface area contributed by atoms with Crippen molar-refractivity contribution in [3.8, 4) is 17.2 Å². The lowest BCUT2D eigenvalue weighted by Gasteiger charge is -2.33. The first-order chi connectivity index (χ1) is 13.7. The summed E-state index contributed by atoms with van der Waals surface area (Å²) in [6, 6.07) is 5.14. The zero-order valence-corrected chi connectivity index (χ0v) is 17.6. The molecule has 0 unspecified atom stereocenters. The Morgan fingerprint density at radius 1 is 1.04 bits per heavy atom. The van der Waals surface area contributed by atoms with Crippen molar-refractivity contribution in [3.05, 3.63) is 17.7 Å². The normalized spacial score (nSPS) is 18.6. The number of guanidine groups is 1. The average Bonchev–Trinajstić information content (AvgIpc) is 3.58. The monoisotopic (exact) mass is 390 g/mol. The van der Waals surface area contributed by atoms with Crippen molar-refractivity contribution in [2.45, 2.75) is 44.2 Å². The molecule has 1 aliphatic carbocycles. The average molecular weight is 391 g/mol. The van der Waals surface area contributed by atoms with Crippen LogP contribution in [-0.4, -0.2) is 71.0 Å². The highest BCUT2D eigenvalue weighted by Gasteiger charge is 2.31. The minimum absolute atomic E-state index is 0.492. The molecule has 7 nitrogen and oxygen atoms in total. The maximum Gasteiger partial charge on any atom is 0.191 e. The van der Waals surface area contributed by atoms with Gasteiger partial charge in [-0.2, -0.15) is 0 Å². The zero-order valence-electron chi connectivity index (χ0n) is 17.6. The van der Waals surface area contributed by atoms with Gasteiger partial charge in [0.05, 0.1) is 21.3 Å². The van der Waals surface area contributed by atoms with Crippen molar-refractivity contribution < 1.29 is 14.2 Å². The van der Waals surface area contributed by atoms with Crippen molar-refractivity contribution in [3.63, 3.8) is 0 Å². The Morgan fingerprint density at radius 2 is 1.68 bits per heavy atom. The first-order valence-corrected chi connectivity index (χ1v) is 10.2. The number of likely N-dealkylation sites (tertiary alicyclic amines) is 1. The van der Waals surface area contributed by atoms with Gasteiger partial charge in [0.1, 0.15) is 17.2 Å².